The van der Waals surface area contributed by atoms with Crippen LogP contribution in [0.3, 0.4) is 0 Å². The van der Waals surface area contributed by atoms with Gasteiger partial charge in [0.1, 0.15) is 17.2 Å². The van der Waals surface area contributed by atoms with Gasteiger partial charge in [0.2, 0.25) is 10.0 Å². The second-order valence-corrected chi connectivity index (χ2v) is 6.99. The third kappa shape index (κ3) is 2.06. The first-order valence-corrected chi connectivity index (χ1v) is 7.79. The third-order valence-corrected chi connectivity index (χ3v) is 5.59. The van der Waals surface area contributed by atoms with Crippen LogP contribution in [-0.4, -0.2) is 43.6 Å². The van der Waals surface area contributed by atoms with Gasteiger partial charge in [-0.15, -0.1) is 0 Å². The first-order chi connectivity index (χ1) is 8.56. The molecule has 2 saturated heterocycles. The van der Waals surface area contributed by atoms with E-state index >= 15 is 0 Å². The van der Waals surface area contributed by atoms with Crippen molar-refractivity contribution in [1.82, 2.24) is 14.8 Å². The minimum absolute atomic E-state index is 0.0619. The zero-order valence-electron chi connectivity index (χ0n) is 10.3. The predicted molar refractivity (Wildman–Crippen MR) is 65.3 cm³/mol. The van der Waals surface area contributed by atoms with E-state index in [-0.39, 0.29) is 11.8 Å². The Kier molecular flexibility index (Phi) is 2.91. The monoisotopic (exact) mass is 271 g/mol. The summed E-state index contributed by atoms with van der Waals surface area (Å²) < 4.78 is 31.3. The van der Waals surface area contributed by atoms with Crippen molar-refractivity contribution in [1.29, 1.82) is 0 Å². The van der Waals surface area contributed by atoms with E-state index in [1.807, 2.05) is 0 Å². The highest BCUT2D eigenvalue weighted by Gasteiger charge is 2.43. The summed E-state index contributed by atoms with van der Waals surface area (Å²) in [4.78, 5) is 0. The summed E-state index contributed by atoms with van der Waals surface area (Å²) in [6.45, 7) is 4.09. The Morgan fingerprint density at radius 2 is 2.39 bits per heavy atom. The average Bonchev–Trinajstić information content (AvgIpc) is 2.92. The molecule has 1 aromatic heterocycles. The van der Waals surface area contributed by atoms with E-state index in [0.717, 1.165) is 19.5 Å². The topological polar surface area (TPSA) is 75.4 Å². The molecule has 2 aliphatic rings. The molecule has 6 nitrogen and oxygen atoms in total. The number of rotatable bonds is 3. The maximum absolute atomic E-state index is 12.4. The van der Waals surface area contributed by atoms with Crippen molar-refractivity contribution in [3.63, 3.8) is 0 Å². The molecule has 2 atom stereocenters. The van der Waals surface area contributed by atoms with Gasteiger partial charge in [-0.1, -0.05) is 5.16 Å². The molecule has 7 heteroatoms. The number of nitrogens with zero attached hydrogens (tertiary/aromatic N) is 2. The maximum atomic E-state index is 12.4. The van der Waals surface area contributed by atoms with Crippen LogP contribution in [-0.2, 0) is 15.8 Å². The van der Waals surface area contributed by atoms with E-state index in [0.29, 0.717) is 23.9 Å². The minimum Gasteiger partial charge on any atom is -0.361 e. The Bertz CT molecular complexity index is 539. The van der Waals surface area contributed by atoms with Crippen LogP contribution in [0.4, 0.5) is 0 Å². The molecule has 0 unspecified atom stereocenters. The van der Waals surface area contributed by atoms with Gasteiger partial charge in [0.25, 0.3) is 0 Å². The SMILES string of the molecule is Cc1cc(CS(=O)(=O)N2CC[C@H]3CNC[C@H]32)no1. The van der Waals surface area contributed by atoms with Gasteiger partial charge in [-0.3, -0.25) is 0 Å². The molecule has 0 amide bonds. The molecule has 0 aromatic carbocycles. The van der Waals surface area contributed by atoms with Crippen molar-refractivity contribution in [2.45, 2.75) is 25.1 Å². The summed E-state index contributed by atoms with van der Waals surface area (Å²) >= 11 is 0. The molecule has 3 heterocycles. The minimum atomic E-state index is -3.28. The number of aromatic nitrogens is 1. The van der Waals surface area contributed by atoms with Crippen molar-refractivity contribution in [3.05, 3.63) is 17.5 Å². The van der Waals surface area contributed by atoms with Crippen LogP contribution in [0.5, 0.6) is 0 Å². The fourth-order valence-corrected chi connectivity index (χ4v) is 4.63. The molecule has 18 heavy (non-hydrogen) atoms. The van der Waals surface area contributed by atoms with Gasteiger partial charge in [0, 0.05) is 25.2 Å². The van der Waals surface area contributed by atoms with E-state index < -0.39 is 10.0 Å². The molecule has 1 N–H and O–H groups in total. The van der Waals surface area contributed by atoms with Gasteiger partial charge in [-0.2, -0.15) is 4.31 Å². The van der Waals surface area contributed by atoms with Crippen LogP contribution >= 0.6 is 0 Å². The quantitative estimate of drug-likeness (QED) is 0.844. The number of fused-ring (bicyclic) bond motifs is 1. The Hall–Kier alpha value is -0.920. The Morgan fingerprint density at radius 3 is 3.11 bits per heavy atom. The van der Waals surface area contributed by atoms with E-state index in [9.17, 15) is 8.42 Å². The molecule has 1 aromatic rings. The molecule has 0 saturated carbocycles. The summed E-state index contributed by atoms with van der Waals surface area (Å²) in [6, 6.07) is 1.81. The lowest BCUT2D eigenvalue weighted by Gasteiger charge is -2.22. The Balaban J connectivity index is 1.78. The molecule has 0 spiro atoms. The van der Waals surface area contributed by atoms with Crippen molar-refractivity contribution in [2.75, 3.05) is 19.6 Å². The fraction of sp³-hybridized carbons (Fsp3) is 0.727. The number of hydrogen-bond donors (Lipinski definition) is 1. The standard InChI is InChI=1S/C11H17N3O3S/c1-8-4-10(13-17-8)7-18(15,16)14-3-2-9-5-12-6-11(9)14/h4,9,11-12H,2-3,5-7H2,1H3/t9-,11+/m0/s1. The molecule has 0 aliphatic carbocycles. The molecule has 2 aliphatic heterocycles. The average molecular weight is 271 g/mol. The van der Waals surface area contributed by atoms with Gasteiger partial charge < -0.3 is 9.84 Å². The lowest BCUT2D eigenvalue weighted by molar-refractivity contribution is 0.377. The summed E-state index contributed by atoms with van der Waals surface area (Å²) in [5, 5.41) is 7.02. The van der Waals surface area contributed by atoms with Gasteiger partial charge >= 0.3 is 0 Å². The lowest BCUT2D eigenvalue weighted by Crippen LogP contribution is -2.39. The summed E-state index contributed by atoms with van der Waals surface area (Å²) in [7, 11) is -3.28. The summed E-state index contributed by atoms with van der Waals surface area (Å²) in [6.07, 6.45) is 0.953. The lowest BCUT2D eigenvalue weighted by atomic mass is 10.1. The number of sulfonamides is 1. The first kappa shape index (κ1) is 12.1. The number of hydrogen-bond acceptors (Lipinski definition) is 5. The van der Waals surface area contributed by atoms with E-state index in [4.69, 9.17) is 4.52 Å². The normalized spacial score (nSPS) is 28.7. The van der Waals surface area contributed by atoms with Gasteiger partial charge in [-0.25, -0.2) is 8.42 Å². The highest BCUT2D eigenvalue weighted by atomic mass is 32.2. The molecule has 0 radical (unpaired) electrons. The Labute approximate surface area is 106 Å². The molecular weight excluding hydrogens is 254 g/mol. The van der Waals surface area contributed by atoms with Crippen LogP contribution < -0.4 is 5.32 Å². The molecule has 3 rings (SSSR count). The fourth-order valence-electron chi connectivity index (χ4n) is 2.91. The van der Waals surface area contributed by atoms with Gasteiger partial charge in [-0.05, 0) is 25.8 Å². The van der Waals surface area contributed by atoms with Crippen molar-refractivity contribution in [2.24, 2.45) is 5.92 Å². The van der Waals surface area contributed by atoms with Crippen molar-refractivity contribution >= 4 is 10.0 Å². The van der Waals surface area contributed by atoms with E-state index in [1.165, 1.54) is 0 Å². The van der Waals surface area contributed by atoms with Gasteiger partial charge in [0.05, 0.1) is 0 Å². The van der Waals surface area contributed by atoms with Crippen LogP contribution in [0.25, 0.3) is 0 Å². The van der Waals surface area contributed by atoms with E-state index in [1.54, 1.807) is 17.3 Å². The number of aryl methyl sites for hydroxylation is 1. The van der Waals surface area contributed by atoms with Crippen molar-refractivity contribution < 1.29 is 12.9 Å². The maximum Gasteiger partial charge on any atom is 0.220 e. The third-order valence-electron chi connectivity index (χ3n) is 3.76. The number of nitrogens with one attached hydrogen (secondary N) is 1. The van der Waals surface area contributed by atoms with Crippen LogP contribution in [0.15, 0.2) is 10.6 Å². The highest BCUT2D eigenvalue weighted by molar-refractivity contribution is 7.88. The smallest absolute Gasteiger partial charge is 0.220 e. The predicted octanol–water partition coefficient (Wildman–Crippen LogP) is 0.107. The van der Waals surface area contributed by atoms with Crippen molar-refractivity contribution in [3.8, 4) is 0 Å². The zero-order valence-corrected chi connectivity index (χ0v) is 11.1. The van der Waals surface area contributed by atoms with E-state index in [2.05, 4.69) is 10.5 Å². The Morgan fingerprint density at radius 1 is 1.56 bits per heavy atom. The van der Waals surface area contributed by atoms with Gasteiger partial charge in [0.15, 0.2) is 0 Å². The molecular formula is C11H17N3O3S. The largest absolute Gasteiger partial charge is 0.361 e. The summed E-state index contributed by atoms with van der Waals surface area (Å²) in [5.41, 5.74) is 0.488. The second kappa shape index (κ2) is 4.32. The summed E-state index contributed by atoms with van der Waals surface area (Å²) in [5.74, 6) is 1.05. The van der Waals surface area contributed by atoms with Crippen LogP contribution in [0, 0.1) is 12.8 Å². The van der Waals surface area contributed by atoms with Crippen LogP contribution in [0.2, 0.25) is 0 Å². The molecule has 100 valence electrons. The first-order valence-electron chi connectivity index (χ1n) is 6.19. The highest BCUT2D eigenvalue weighted by Crippen LogP contribution is 2.30. The second-order valence-electron chi connectivity index (χ2n) is 5.07. The molecule has 2 fully saturated rings. The molecule has 0 bridgehead atoms. The zero-order chi connectivity index (χ0) is 12.8. The van der Waals surface area contributed by atoms with Crippen LogP contribution in [0.1, 0.15) is 17.9 Å².